The molecule has 4 heteroatoms. The summed E-state index contributed by atoms with van der Waals surface area (Å²) in [5.41, 5.74) is 13.2. The normalized spacial score (nSPS) is 11.7. The Bertz CT molecular complexity index is 3170. The van der Waals surface area contributed by atoms with Crippen LogP contribution >= 0.6 is 0 Å². The fourth-order valence-corrected chi connectivity index (χ4v) is 8.27. The first-order valence-corrected chi connectivity index (χ1v) is 18.3. The Morgan fingerprint density at radius 2 is 0.870 bits per heavy atom. The molecule has 8 aromatic carbocycles. The molecule has 0 amide bonds. The van der Waals surface area contributed by atoms with Crippen molar-refractivity contribution in [1.82, 2.24) is 19.1 Å². The van der Waals surface area contributed by atoms with E-state index in [0.717, 1.165) is 72.5 Å². The molecule has 0 aliphatic carbocycles. The summed E-state index contributed by atoms with van der Waals surface area (Å²) in [4.78, 5) is 10.3. The maximum absolute atomic E-state index is 5.31. The van der Waals surface area contributed by atoms with Gasteiger partial charge in [0.15, 0.2) is 0 Å². The number of imidazole rings is 1. The highest BCUT2D eigenvalue weighted by atomic mass is 15.1. The Labute approximate surface area is 311 Å². The molecule has 0 spiro atoms. The Hall–Kier alpha value is -7.30. The summed E-state index contributed by atoms with van der Waals surface area (Å²) in [5.74, 6) is 0.936. The molecule has 0 saturated carbocycles. The van der Waals surface area contributed by atoms with Gasteiger partial charge in [0.25, 0.3) is 0 Å². The Balaban J connectivity index is 1.03. The van der Waals surface area contributed by atoms with Crippen LogP contribution in [0.25, 0.3) is 99.7 Å². The van der Waals surface area contributed by atoms with Crippen LogP contribution in [0.2, 0.25) is 0 Å². The van der Waals surface area contributed by atoms with Gasteiger partial charge in [0.1, 0.15) is 5.82 Å². The quantitative estimate of drug-likeness (QED) is 0.169. The molecule has 0 fully saturated rings. The molecule has 0 aliphatic rings. The van der Waals surface area contributed by atoms with Gasteiger partial charge in [-0.05, 0) is 65.7 Å². The smallest absolute Gasteiger partial charge is 0.145 e. The number of fused-ring (bicyclic) bond motifs is 8. The summed E-state index contributed by atoms with van der Waals surface area (Å²) in [6.07, 6.45) is 0. The number of hydrogen-bond acceptors (Lipinski definition) is 2. The third-order valence-corrected chi connectivity index (χ3v) is 10.7. The maximum Gasteiger partial charge on any atom is 0.145 e. The predicted octanol–water partition coefficient (Wildman–Crippen LogP) is 12.8. The first-order valence-electron chi connectivity index (χ1n) is 18.3. The van der Waals surface area contributed by atoms with Gasteiger partial charge in [-0.3, -0.25) is 4.57 Å². The molecule has 0 bridgehead atoms. The number of aromatic nitrogens is 4. The van der Waals surface area contributed by atoms with Crippen molar-refractivity contribution in [3.05, 3.63) is 194 Å². The number of benzene rings is 8. The minimum absolute atomic E-state index is 0.936. The van der Waals surface area contributed by atoms with E-state index in [2.05, 4.69) is 191 Å². The number of rotatable bonds is 5. The summed E-state index contributed by atoms with van der Waals surface area (Å²) in [6, 6.07) is 68.9. The van der Waals surface area contributed by atoms with E-state index in [9.17, 15) is 0 Å². The predicted molar refractivity (Wildman–Crippen MR) is 225 cm³/mol. The van der Waals surface area contributed by atoms with E-state index < -0.39 is 0 Å². The summed E-state index contributed by atoms with van der Waals surface area (Å²) in [6.45, 7) is 0. The Morgan fingerprint density at radius 3 is 1.63 bits per heavy atom. The molecule has 11 rings (SSSR count). The molecule has 54 heavy (non-hydrogen) atoms. The highest BCUT2D eigenvalue weighted by Gasteiger charge is 2.19. The van der Waals surface area contributed by atoms with Crippen molar-refractivity contribution in [1.29, 1.82) is 0 Å². The molecule has 4 nitrogen and oxygen atoms in total. The second kappa shape index (κ2) is 12.1. The van der Waals surface area contributed by atoms with Crippen LogP contribution < -0.4 is 0 Å². The van der Waals surface area contributed by atoms with Gasteiger partial charge in [0, 0.05) is 49.4 Å². The maximum atomic E-state index is 5.31. The molecular weight excluding hydrogens is 657 g/mol. The third-order valence-electron chi connectivity index (χ3n) is 10.7. The molecule has 0 radical (unpaired) electrons. The molecule has 3 heterocycles. The van der Waals surface area contributed by atoms with Gasteiger partial charge < -0.3 is 4.57 Å². The molecule has 11 aromatic rings. The SMILES string of the molecule is c1ccc(-c2nc3ccccc3n2-c2ccc(-c3ccc(-c4nc5ccccc5c5c4ccc4c5c5ccccc5n4-c4ccccc4)cc3)cc2)cc1. The van der Waals surface area contributed by atoms with Crippen LogP contribution in [-0.4, -0.2) is 19.1 Å². The van der Waals surface area contributed by atoms with E-state index in [-0.39, 0.29) is 0 Å². The summed E-state index contributed by atoms with van der Waals surface area (Å²) < 4.78 is 4.64. The minimum Gasteiger partial charge on any atom is -0.309 e. The Kier molecular flexibility index (Phi) is 6.82. The van der Waals surface area contributed by atoms with Crippen LogP contribution in [0.4, 0.5) is 0 Å². The molecule has 252 valence electrons. The molecule has 3 aromatic heterocycles. The van der Waals surface area contributed by atoms with Crippen LogP contribution in [0, 0.1) is 0 Å². The lowest BCUT2D eigenvalue weighted by Gasteiger charge is -2.13. The first-order chi connectivity index (χ1) is 26.8. The van der Waals surface area contributed by atoms with Crippen LogP contribution in [0.3, 0.4) is 0 Å². The first kappa shape index (κ1) is 30.3. The van der Waals surface area contributed by atoms with Gasteiger partial charge >= 0.3 is 0 Å². The largest absolute Gasteiger partial charge is 0.309 e. The fourth-order valence-electron chi connectivity index (χ4n) is 8.27. The molecule has 0 N–H and O–H groups in total. The zero-order valence-corrected chi connectivity index (χ0v) is 29.3. The molecule has 0 unspecified atom stereocenters. The topological polar surface area (TPSA) is 35.6 Å². The summed E-state index contributed by atoms with van der Waals surface area (Å²) in [7, 11) is 0. The molecule has 0 saturated heterocycles. The molecule has 0 aliphatic heterocycles. The Morgan fingerprint density at radius 1 is 0.296 bits per heavy atom. The standard InChI is InChI=1S/C50H32N4/c1-3-13-36(14-4-1)50-52-43-20-10-12-22-45(43)54(50)38-29-27-34(28-30-38)33-23-25-35(26-24-33)49-41-31-32-46-48(47(41)39-17-7-9-19-42(39)51-49)40-18-8-11-21-44(40)53(46)37-15-5-2-6-16-37/h1-32H. The van der Waals surface area contributed by atoms with Crippen LogP contribution in [0.1, 0.15) is 0 Å². The number of para-hydroxylation sites is 5. The minimum atomic E-state index is 0.936. The second-order valence-corrected chi connectivity index (χ2v) is 13.8. The average Bonchev–Trinajstić information content (AvgIpc) is 3.81. The van der Waals surface area contributed by atoms with E-state index in [1.165, 1.54) is 27.2 Å². The van der Waals surface area contributed by atoms with E-state index >= 15 is 0 Å². The highest BCUT2D eigenvalue weighted by molar-refractivity contribution is 6.29. The van der Waals surface area contributed by atoms with Crippen molar-refractivity contribution in [2.24, 2.45) is 0 Å². The van der Waals surface area contributed by atoms with Crippen molar-refractivity contribution >= 4 is 54.5 Å². The van der Waals surface area contributed by atoms with Crippen LogP contribution in [0.5, 0.6) is 0 Å². The number of hydrogen-bond donors (Lipinski definition) is 0. The second-order valence-electron chi connectivity index (χ2n) is 13.8. The molecular formula is C50H32N4. The lowest BCUT2D eigenvalue weighted by molar-refractivity contribution is 1.10. The zero-order chi connectivity index (χ0) is 35.6. The van der Waals surface area contributed by atoms with Gasteiger partial charge in [0.2, 0.25) is 0 Å². The average molecular weight is 689 g/mol. The van der Waals surface area contributed by atoms with Crippen LogP contribution in [-0.2, 0) is 0 Å². The van der Waals surface area contributed by atoms with Crippen molar-refractivity contribution in [3.63, 3.8) is 0 Å². The van der Waals surface area contributed by atoms with Gasteiger partial charge in [-0.25, -0.2) is 9.97 Å². The summed E-state index contributed by atoms with van der Waals surface area (Å²) in [5, 5.41) is 6.04. The van der Waals surface area contributed by atoms with Gasteiger partial charge in [-0.2, -0.15) is 0 Å². The zero-order valence-electron chi connectivity index (χ0n) is 29.3. The van der Waals surface area contributed by atoms with Gasteiger partial charge in [0.05, 0.1) is 33.3 Å². The van der Waals surface area contributed by atoms with E-state index in [1.807, 2.05) is 12.1 Å². The van der Waals surface area contributed by atoms with Gasteiger partial charge in [-0.1, -0.05) is 140 Å². The lowest BCUT2D eigenvalue weighted by Crippen LogP contribution is -1.97. The third kappa shape index (κ3) is 4.70. The molecule has 0 atom stereocenters. The highest BCUT2D eigenvalue weighted by Crippen LogP contribution is 2.42. The number of nitrogens with zero attached hydrogens (tertiary/aromatic N) is 4. The van der Waals surface area contributed by atoms with Gasteiger partial charge in [-0.15, -0.1) is 0 Å². The van der Waals surface area contributed by atoms with Crippen molar-refractivity contribution in [2.45, 2.75) is 0 Å². The van der Waals surface area contributed by atoms with E-state index in [1.54, 1.807) is 0 Å². The number of pyridine rings is 1. The lowest BCUT2D eigenvalue weighted by atomic mass is 9.95. The van der Waals surface area contributed by atoms with E-state index in [4.69, 9.17) is 9.97 Å². The summed E-state index contributed by atoms with van der Waals surface area (Å²) >= 11 is 0. The van der Waals surface area contributed by atoms with Crippen molar-refractivity contribution in [2.75, 3.05) is 0 Å². The van der Waals surface area contributed by atoms with Crippen molar-refractivity contribution < 1.29 is 0 Å². The van der Waals surface area contributed by atoms with Crippen LogP contribution in [0.15, 0.2) is 194 Å². The van der Waals surface area contributed by atoms with E-state index in [0.29, 0.717) is 0 Å². The monoisotopic (exact) mass is 688 g/mol. The fraction of sp³-hybridized carbons (Fsp3) is 0. The van der Waals surface area contributed by atoms with Crippen molar-refractivity contribution in [3.8, 4) is 45.1 Å².